The van der Waals surface area contributed by atoms with Gasteiger partial charge in [-0.05, 0) is 41.5 Å². The Balaban J connectivity index is 1.58. The number of nitrogens with zero attached hydrogens (tertiary/aromatic N) is 1. The second-order valence-electron chi connectivity index (χ2n) is 7.88. The Morgan fingerprint density at radius 2 is 1.66 bits per heavy atom. The number of ether oxygens (including phenoxy) is 1. The number of methoxy groups -OCH3 is 1. The summed E-state index contributed by atoms with van der Waals surface area (Å²) in [6.45, 7) is 1.07. The molecule has 3 aromatic rings. The lowest BCUT2D eigenvalue weighted by Gasteiger charge is -2.20. The highest BCUT2D eigenvalue weighted by Gasteiger charge is 2.41. The summed E-state index contributed by atoms with van der Waals surface area (Å²) in [4.78, 5) is 28.0. The Labute approximate surface area is 186 Å². The van der Waals surface area contributed by atoms with Gasteiger partial charge in [-0.2, -0.15) is 0 Å². The Morgan fingerprint density at radius 3 is 2.38 bits per heavy atom. The molecule has 32 heavy (non-hydrogen) atoms. The number of hydrogen-bond acceptors (Lipinski definition) is 3. The molecule has 1 N–H and O–H groups in total. The van der Waals surface area contributed by atoms with Gasteiger partial charge in [-0.25, -0.2) is 4.39 Å². The first-order chi connectivity index (χ1) is 15.6. The number of likely N-dealkylation sites (tertiary alicyclic amines) is 1. The van der Waals surface area contributed by atoms with Gasteiger partial charge in [-0.1, -0.05) is 48.5 Å². The molecule has 0 saturated carbocycles. The van der Waals surface area contributed by atoms with Crippen LogP contribution in [0.2, 0.25) is 0 Å². The summed E-state index contributed by atoms with van der Waals surface area (Å²) >= 11 is 0. The highest BCUT2D eigenvalue weighted by Crippen LogP contribution is 2.38. The Morgan fingerprint density at radius 1 is 0.969 bits per heavy atom. The first-order valence-electron chi connectivity index (χ1n) is 10.6. The molecule has 1 saturated heterocycles. The zero-order valence-corrected chi connectivity index (χ0v) is 17.8. The molecule has 0 radical (unpaired) electrons. The SMILES string of the molecule is COc1ccccc1[C@@H]1CN(C(=O)c2ccc(F)cc2)C[C@H]1C(=O)NCc1ccccc1. The highest BCUT2D eigenvalue weighted by atomic mass is 19.1. The van der Waals surface area contributed by atoms with Crippen LogP contribution in [0.15, 0.2) is 78.9 Å². The van der Waals surface area contributed by atoms with Crippen LogP contribution in [0.5, 0.6) is 5.75 Å². The van der Waals surface area contributed by atoms with E-state index in [1.165, 1.54) is 24.3 Å². The molecule has 1 fully saturated rings. The van der Waals surface area contributed by atoms with Crippen LogP contribution < -0.4 is 10.1 Å². The first kappa shape index (κ1) is 21.6. The van der Waals surface area contributed by atoms with Crippen LogP contribution in [0.1, 0.15) is 27.4 Å². The molecular weight excluding hydrogens is 407 g/mol. The molecule has 0 aliphatic carbocycles. The molecule has 4 rings (SSSR count). The average Bonchev–Trinajstić information content (AvgIpc) is 3.28. The predicted molar refractivity (Wildman–Crippen MR) is 120 cm³/mol. The summed E-state index contributed by atoms with van der Waals surface area (Å²) in [7, 11) is 1.60. The standard InChI is InChI=1S/C26H25FN2O3/c1-32-24-10-6-5-9-21(24)22-16-29(26(31)19-11-13-20(27)14-12-19)17-23(22)25(30)28-15-18-7-3-2-4-8-18/h2-14,22-23H,15-17H2,1H3,(H,28,30)/t22-,23+/m0/s1. The van der Waals surface area contributed by atoms with E-state index in [0.717, 1.165) is 11.1 Å². The van der Waals surface area contributed by atoms with Gasteiger partial charge in [0, 0.05) is 31.1 Å². The maximum atomic E-state index is 13.3. The fourth-order valence-corrected chi connectivity index (χ4v) is 4.21. The van der Waals surface area contributed by atoms with E-state index in [-0.39, 0.29) is 24.3 Å². The van der Waals surface area contributed by atoms with Crippen molar-refractivity contribution in [3.8, 4) is 5.75 Å². The largest absolute Gasteiger partial charge is 0.496 e. The van der Waals surface area contributed by atoms with Crippen LogP contribution in [0, 0.1) is 11.7 Å². The highest BCUT2D eigenvalue weighted by molar-refractivity contribution is 5.95. The van der Waals surface area contributed by atoms with Gasteiger partial charge in [0.1, 0.15) is 11.6 Å². The number of halogens is 1. The van der Waals surface area contributed by atoms with Crippen LogP contribution in [-0.2, 0) is 11.3 Å². The minimum Gasteiger partial charge on any atom is -0.496 e. The van der Waals surface area contributed by atoms with Crippen molar-refractivity contribution < 1.29 is 18.7 Å². The van der Waals surface area contributed by atoms with E-state index in [9.17, 15) is 14.0 Å². The fraction of sp³-hybridized carbons (Fsp3) is 0.231. The van der Waals surface area contributed by atoms with Gasteiger partial charge >= 0.3 is 0 Å². The summed E-state index contributed by atoms with van der Waals surface area (Å²) in [6.07, 6.45) is 0. The number of benzene rings is 3. The Hall–Kier alpha value is -3.67. The van der Waals surface area contributed by atoms with Gasteiger partial charge < -0.3 is 15.0 Å². The zero-order chi connectivity index (χ0) is 22.5. The third kappa shape index (κ3) is 4.64. The van der Waals surface area contributed by atoms with Crippen molar-refractivity contribution in [2.45, 2.75) is 12.5 Å². The summed E-state index contributed by atoms with van der Waals surface area (Å²) < 4.78 is 18.8. The monoisotopic (exact) mass is 432 g/mol. The number of amides is 2. The molecule has 2 atom stereocenters. The topological polar surface area (TPSA) is 58.6 Å². The summed E-state index contributed by atoms with van der Waals surface area (Å²) in [5, 5.41) is 3.02. The number of carbonyl (C=O) groups excluding carboxylic acids is 2. The molecular formula is C26H25FN2O3. The van der Waals surface area contributed by atoms with Crippen LogP contribution in [0.4, 0.5) is 4.39 Å². The van der Waals surface area contributed by atoms with Gasteiger partial charge in [0.2, 0.25) is 5.91 Å². The molecule has 1 aliphatic heterocycles. The molecule has 3 aromatic carbocycles. The van der Waals surface area contributed by atoms with Gasteiger partial charge in [0.05, 0.1) is 13.0 Å². The Kier molecular flexibility index (Phi) is 6.50. The smallest absolute Gasteiger partial charge is 0.253 e. The van der Waals surface area contributed by atoms with Gasteiger partial charge in [0.25, 0.3) is 5.91 Å². The summed E-state index contributed by atoms with van der Waals surface area (Å²) in [6, 6.07) is 22.8. The second kappa shape index (κ2) is 9.64. The van der Waals surface area contributed by atoms with Crippen molar-refractivity contribution in [1.82, 2.24) is 10.2 Å². The number of nitrogens with one attached hydrogen (secondary N) is 1. The summed E-state index contributed by atoms with van der Waals surface area (Å²) in [5.74, 6) is -0.685. The van der Waals surface area contributed by atoms with E-state index in [2.05, 4.69) is 5.32 Å². The number of hydrogen-bond donors (Lipinski definition) is 1. The number of carbonyl (C=O) groups is 2. The van der Waals surface area contributed by atoms with Crippen molar-refractivity contribution in [2.75, 3.05) is 20.2 Å². The van der Waals surface area contributed by atoms with Crippen molar-refractivity contribution in [1.29, 1.82) is 0 Å². The molecule has 2 amide bonds. The molecule has 0 unspecified atom stereocenters. The van der Waals surface area contributed by atoms with Crippen molar-refractivity contribution in [3.63, 3.8) is 0 Å². The Bertz CT molecular complexity index is 1090. The molecule has 0 bridgehead atoms. The maximum absolute atomic E-state index is 13.3. The molecule has 1 heterocycles. The van der Waals surface area contributed by atoms with Crippen LogP contribution in [-0.4, -0.2) is 36.9 Å². The normalized spacial score (nSPS) is 17.8. The van der Waals surface area contributed by atoms with E-state index >= 15 is 0 Å². The lowest BCUT2D eigenvalue weighted by Crippen LogP contribution is -2.35. The van der Waals surface area contributed by atoms with Gasteiger partial charge in [0.15, 0.2) is 0 Å². The van der Waals surface area contributed by atoms with Gasteiger partial charge in [-0.3, -0.25) is 9.59 Å². The van der Waals surface area contributed by atoms with Crippen molar-refractivity contribution in [2.24, 2.45) is 5.92 Å². The van der Waals surface area contributed by atoms with E-state index in [1.54, 1.807) is 12.0 Å². The van der Waals surface area contributed by atoms with Crippen LogP contribution >= 0.6 is 0 Å². The molecule has 0 spiro atoms. The van der Waals surface area contributed by atoms with E-state index in [0.29, 0.717) is 24.4 Å². The predicted octanol–water partition coefficient (Wildman–Crippen LogP) is 4.01. The molecule has 0 aromatic heterocycles. The number of para-hydroxylation sites is 1. The first-order valence-corrected chi connectivity index (χ1v) is 10.6. The van der Waals surface area contributed by atoms with Crippen molar-refractivity contribution in [3.05, 3.63) is 101 Å². The van der Waals surface area contributed by atoms with Gasteiger partial charge in [-0.15, -0.1) is 0 Å². The third-order valence-electron chi connectivity index (χ3n) is 5.88. The maximum Gasteiger partial charge on any atom is 0.253 e. The zero-order valence-electron chi connectivity index (χ0n) is 17.8. The molecule has 5 nitrogen and oxygen atoms in total. The third-order valence-corrected chi connectivity index (χ3v) is 5.88. The van der Waals surface area contributed by atoms with Crippen molar-refractivity contribution >= 4 is 11.8 Å². The van der Waals surface area contributed by atoms with E-state index in [1.807, 2.05) is 54.6 Å². The molecule has 1 aliphatic rings. The lowest BCUT2D eigenvalue weighted by molar-refractivity contribution is -0.125. The fourth-order valence-electron chi connectivity index (χ4n) is 4.21. The van der Waals surface area contributed by atoms with E-state index < -0.39 is 11.7 Å². The lowest BCUT2D eigenvalue weighted by atomic mass is 9.87. The molecule has 6 heteroatoms. The quantitative estimate of drug-likeness (QED) is 0.640. The number of rotatable bonds is 6. The average molecular weight is 432 g/mol. The van der Waals surface area contributed by atoms with Crippen LogP contribution in [0.3, 0.4) is 0 Å². The van der Waals surface area contributed by atoms with Crippen LogP contribution in [0.25, 0.3) is 0 Å². The minimum atomic E-state index is -0.431. The van der Waals surface area contributed by atoms with E-state index in [4.69, 9.17) is 4.74 Å². The second-order valence-corrected chi connectivity index (χ2v) is 7.88. The molecule has 164 valence electrons. The minimum absolute atomic E-state index is 0.112. The summed E-state index contributed by atoms with van der Waals surface area (Å²) in [5.41, 5.74) is 2.30.